The van der Waals surface area contributed by atoms with Crippen molar-refractivity contribution in [2.75, 3.05) is 5.32 Å². The Balaban J connectivity index is 1.99. The van der Waals surface area contributed by atoms with E-state index in [1.165, 1.54) is 12.1 Å². The summed E-state index contributed by atoms with van der Waals surface area (Å²) in [5.41, 5.74) is 1.09. The maximum Gasteiger partial charge on any atom is 0.409 e. The van der Waals surface area contributed by atoms with E-state index >= 15 is 0 Å². The largest absolute Gasteiger partial charge is 0.445 e. The number of rotatable bonds is 5. The van der Waals surface area contributed by atoms with Crippen LogP contribution in [0.5, 0.6) is 0 Å². The highest BCUT2D eigenvalue weighted by Crippen LogP contribution is 2.34. The highest BCUT2D eigenvalue weighted by atomic mass is 35.6. The molecule has 0 aliphatic rings. The van der Waals surface area contributed by atoms with Gasteiger partial charge in [0.05, 0.1) is 15.7 Å². The molecule has 2 aromatic carbocycles. The van der Waals surface area contributed by atoms with Gasteiger partial charge in [0, 0.05) is 5.02 Å². The summed E-state index contributed by atoms with van der Waals surface area (Å²) in [6.45, 7) is 0.0396. The number of amides is 1. The first-order valence-electron chi connectivity index (χ1n) is 7.82. The number of carbonyl (C=O) groups is 1. The minimum Gasteiger partial charge on any atom is -0.445 e. The van der Waals surface area contributed by atoms with E-state index < -0.39 is 16.1 Å². The summed E-state index contributed by atoms with van der Waals surface area (Å²) in [5, 5.41) is 8.63. The zero-order chi connectivity index (χ0) is 21.6. The number of alkyl halides is 3. The highest BCUT2D eigenvalue weighted by Gasteiger charge is 2.35. The molecular formula is C17H13Cl6N3O2S. The van der Waals surface area contributed by atoms with Gasteiger partial charge in [-0.15, -0.1) is 0 Å². The summed E-state index contributed by atoms with van der Waals surface area (Å²) in [6, 6.07) is 12.0. The first-order chi connectivity index (χ1) is 13.6. The molecule has 0 aliphatic carbocycles. The Hall–Kier alpha value is -0.860. The van der Waals surface area contributed by atoms with E-state index in [0.29, 0.717) is 10.7 Å². The third-order valence-electron chi connectivity index (χ3n) is 3.32. The molecule has 0 aromatic heterocycles. The van der Waals surface area contributed by atoms with Gasteiger partial charge in [0.2, 0.25) is 3.79 Å². The van der Waals surface area contributed by atoms with Gasteiger partial charge in [0.1, 0.15) is 6.61 Å². The molecule has 0 saturated heterocycles. The molecule has 0 unspecified atom stereocenters. The third-order valence-corrected chi connectivity index (χ3v) is 5.01. The Kier molecular flexibility index (Phi) is 9.22. The van der Waals surface area contributed by atoms with E-state index in [4.69, 9.17) is 86.6 Å². The van der Waals surface area contributed by atoms with Gasteiger partial charge >= 0.3 is 6.09 Å². The van der Waals surface area contributed by atoms with Gasteiger partial charge in [-0.25, -0.2) is 4.79 Å². The highest BCUT2D eigenvalue weighted by molar-refractivity contribution is 7.80. The summed E-state index contributed by atoms with van der Waals surface area (Å²) in [6.07, 6.45) is -2.04. The summed E-state index contributed by atoms with van der Waals surface area (Å²) in [5.74, 6) is 0. The van der Waals surface area contributed by atoms with E-state index in [1.807, 2.05) is 18.2 Å². The van der Waals surface area contributed by atoms with Crippen LogP contribution in [0, 0.1) is 0 Å². The van der Waals surface area contributed by atoms with Crippen LogP contribution in [0.4, 0.5) is 10.5 Å². The van der Waals surface area contributed by atoms with Crippen molar-refractivity contribution in [2.45, 2.75) is 16.6 Å². The van der Waals surface area contributed by atoms with Gasteiger partial charge in [-0.2, -0.15) is 0 Å². The molecule has 0 spiro atoms. The lowest BCUT2D eigenvalue weighted by atomic mass is 10.2. The molecule has 0 radical (unpaired) electrons. The molecule has 2 aromatic rings. The Labute approximate surface area is 202 Å². The van der Waals surface area contributed by atoms with Crippen molar-refractivity contribution in [1.82, 2.24) is 10.6 Å². The molecule has 0 bridgehead atoms. The molecule has 5 nitrogen and oxygen atoms in total. The van der Waals surface area contributed by atoms with Gasteiger partial charge in [0.25, 0.3) is 0 Å². The number of thiocarbonyl (C=S) groups is 1. The first kappa shape index (κ1) is 24.4. The molecule has 12 heteroatoms. The lowest BCUT2D eigenvalue weighted by molar-refractivity contribution is 0.135. The number of nitrogens with one attached hydrogen (secondary N) is 3. The van der Waals surface area contributed by atoms with Crippen LogP contribution in [-0.4, -0.2) is 21.2 Å². The Morgan fingerprint density at radius 2 is 1.62 bits per heavy atom. The van der Waals surface area contributed by atoms with E-state index in [0.717, 1.165) is 5.56 Å². The van der Waals surface area contributed by atoms with Crippen molar-refractivity contribution in [3.63, 3.8) is 0 Å². The zero-order valence-electron chi connectivity index (χ0n) is 14.3. The third kappa shape index (κ3) is 8.06. The van der Waals surface area contributed by atoms with Crippen molar-refractivity contribution in [3.8, 4) is 0 Å². The second kappa shape index (κ2) is 11.0. The van der Waals surface area contributed by atoms with Gasteiger partial charge in [-0.3, -0.25) is 5.32 Å². The lowest BCUT2D eigenvalue weighted by Gasteiger charge is -2.27. The molecule has 29 heavy (non-hydrogen) atoms. The minimum atomic E-state index is -1.95. The maximum absolute atomic E-state index is 12.1. The number of alkyl carbamates (subject to hydrolysis) is 1. The quantitative estimate of drug-likeness (QED) is 0.230. The van der Waals surface area contributed by atoms with Crippen LogP contribution in [-0.2, 0) is 11.3 Å². The predicted molar refractivity (Wildman–Crippen MR) is 125 cm³/mol. The molecule has 1 amide bonds. The van der Waals surface area contributed by atoms with Crippen LogP contribution < -0.4 is 16.0 Å². The second-order valence-electron chi connectivity index (χ2n) is 5.52. The monoisotopic (exact) mass is 533 g/mol. The molecular weight excluding hydrogens is 523 g/mol. The normalized spacial score (nSPS) is 12.1. The lowest BCUT2D eigenvalue weighted by Crippen LogP contribution is -2.56. The average molecular weight is 536 g/mol. The molecule has 0 aliphatic heterocycles. The summed E-state index contributed by atoms with van der Waals surface area (Å²) in [7, 11) is 0. The Morgan fingerprint density at radius 1 is 1.03 bits per heavy atom. The van der Waals surface area contributed by atoms with Crippen LogP contribution in [0.1, 0.15) is 5.56 Å². The van der Waals surface area contributed by atoms with Gasteiger partial charge in [-0.1, -0.05) is 99.9 Å². The number of carbonyl (C=O) groups excluding carboxylic acids is 1. The molecule has 1 atom stereocenters. The fraction of sp³-hybridized carbons (Fsp3) is 0.176. The van der Waals surface area contributed by atoms with Crippen molar-refractivity contribution in [3.05, 3.63) is 63.1 Å². The first-order valence-corrected chi connectivity index (χ1v) is 10.5. The summed E-state index contributed by atoms with van der Waals surface area (Å²) in [4.78, 5) is 12.1. The van der Waals surface area contributed by atoms with Crippen molar-refractivity contribution in [1.29, 1.82) is 0 Å². The number of ether oxygens (including phenoxy) is 1. The minimum absolute atomic E-state index is 0.0178. The molecule has 0 saturated carbocycles. The molecule has 0 fully saturated rings. The Morgan fingerprint density at radius 3 is 2.17 bits per heavy atom. The fourth-order valence-electron chi connectivity index (χ4n) is 2.02. The van der Waals surface area contributed by atoms with Gasteiger partial charge in [-0.05, 0) is 29.9 Å². The van der Waals surface area contributed by atoms with Crippen molar-refractivity contribution >= 4 is 98.7 Å². The summed E-state index contributed by atoms with van der Waals surface area (Å²) < 4.78 is 3.17. The summed E-state index contributed by atoms with van der Waals surface area (Å²) >= 11 is 41.1. The number of hydrogen-bond acceptors (Lipinski definition) is 3. The topological polar surface area (TPSA) is 62.4 Å². The maximum atomic E-state index is 12.1. The van der Waals surface area contributed by atoms with E-state index in [9.17, 15) is 4.79 Å². The van der Waals surface area contributed by atoms with E-state index in [2.05, 4.69) is 16.0 Å². The van der Waals surface area contributed by atoms with Crippen LogP contribution in [0.2, 0.25) is 15.1 Å². The smallest absolute Gasteiger partial charge is 0.409 e. The van der Waals surface area contributed by atoms with E-state index in [1.54, 1.807) is 12.1 Å². The molecule has 2 rings (SSSR count). The number of halogens is 6. The number of benzene rings is 2. The van der Waals surface area contributed by atoms with Gasteiger partial charge < -0.3 is 15.4 Å². The van der Waals surface area contributed by atoms with Crippen LogP contribution in [0.25, 0.3) is 0 Å². The average Bonchev–Trinajstić information content (AvgIpc) is 2.62. The standard InChI is InChI=1S/C17H13Cl6N3O2S/c18-10-6-11(19)13(12(20)7-10)24-15(29)25-14(17(21,22)23)26-16(27)28-8-9-4-2-1-3-5-9/h1-7,14H,8H2,(H,26,27)(H2,24,25,29)/t14-/m1/s1. The molecule has 3 N–H and O–H groups in total. The number of anilines is 1. The van der Waals surface area contributed by atoms with Crippen molar-refractivity contribution < 1.29 is 9.53 Å². The number of hydrogen-bond donors (Lipinski definition) is 3. The predicted octanol–water partition coefficient (Wildman–Crippen LogP) is 6.56. The van der Waals surface area contributed by atoms with Gasteiger partial charge in [0.15, 0.2) is 11.3 Å². The second-order valence-corrected chi connectivity index (χ2v) is 9.55. The molecule has 156 valence electrons. The fourth-order valence-corrected chi connectivity index (χ4v) is 3.48. The Bertz CT molecular complexity index is 856. The van der Waals surface area contributed by atoms with Crippen molar-refractivity contribution in [2.24, 2.45) is 0 Å². The van der Waals surface area contributed by atoms with Crippen LogP contribution in [0.3, 0.4) is 0 Å². The SMILES string of the molecule is O=C(N[C@@H](NC(=S)Nc1c(Cl)cc(Cl)cc1Cl)C(Cl)(Cl)Cl)OCc1ccccc1. The van der Waals surface area contributed by atoms with Crippen LogP contribution >= 0.6 is 81.8 Å². The zero-order valence-corrected chi connectivity index (χ0v) is 19.7. The van der Waals surface area contributed by atoms with Crippen LogP contribution in [0.15, 0.2) is 42.5 Å². The molecule has 0 heterocycles. The van der Waals surface area contributed by atoms with E-state index in [-0.39, 0.29) is 21.8 Å².